The van der Waals surface area contributed by atoms with Gasteiger partial charge in [-0.2, -0.15) is 5.10 Å². The summed E-state index contributed by atoms with van der Waals surface area (Å²) in [5, 5.41) is 22.3. The quantitative estimate of drug-likeness (QED) is 0.838. The van der Waals surface area contributed by atoms with Crippen molar-refractivity contribution in [3.05, 3.63) is 28.8 Å². The van der Waals surface area contributed by atoms with E-state index in [1.54, 1.807) is 9.36 Å². The molecule has 2 aromatic rings. The molecule has 6 nitrogen and oxygen atoms in total. The standard InChI is InChI=1S/C11H17N5O/c1-7-11(8(2)16(4)13-7)10(17)5-9-6-15(3)14-12-9/h6,10,17H,5H2,1-4H3. The number of hydrogen-bond acceptors (Lipinski definition) is 4. The molecule has 92 valence electrons. The van der Waals surface area contributed by atoms with Gasteiger partial charge in [-0.15, -0.1) is 5.10 Å². The van der Waals surface area contributed by atoms with E-state index in [-0.39, 0.29) is 0 Å². The predicted octanol–water partition coefficient (Wildman–Crippen LogP) is 0.442. The van der Waals surface area contributed by atoms with Gasteiger partial charge in [0, 0.05) is 38.0 Å². The molecule has 0 amide bonds. The molecular weight excluding hydrogens is 218 g/mol. The Morgan fingerprint density at radius 3 is 2.53 bits per heavy atom. The second kappa shape index (κ2) is 4.29. The van der Waals surface area contributed by atoms with Crippen molar-refractivity contribution >= 4 is 0 Å². The van der Waals surface area contributed by atoms with Crippen LogP contribution >= 0.6 is 0 Å². The van der Waals surface area contributed by atoms with Gasteiger partial charge in [0.1, 0.15) is 0 Å². The monoisotopic (exact) mass is 235 g/mol. The smallest absolute Gasteiger partial charge is 0.0882 e. The minimum absolute atomic E-state index is 0.460. The normalized spacial score (nSPS) is 13.0. The zero-order valence-electron chi connectivity index (χ0n) is 10.5. The lowest BCUT2D eigenvalue weighted by Crippen LogP contribution is -2.05. The van der Waals surface area contributed by atoms with Crippen LogP contribution in [0.1, 0.15) is 28.7 Å². The van der Waals surface area contributed by atoms with Crippen LogP contribution in [0.2, 0.25) is 0 Å². The van der Waals surface area contributed by atoms with Gasteiger partial charge in [-0.1, -0.05) is 5.21 Å². The Balaban J connectivity index is 2.22. The first kappa shape index (κ1) is 11.8. The number of nitrogens with zero attached hydrogens (tertiary/aromatic N) is 5. The fourth-order valence-electron chi connectivity index (χ4n) is 2.06. The van der Waals surface area contributed by atoms with Gasteiger partial charge in [0.05, 0.1) is 17.5 Å². The summed E-state index contributed by atoms with van der Waals surface area (Å²) in [6.45, 7) is 3.86. The Hall–Kier alpha value is -1.69. The van der Waals surface area contributed by atoms with Crippen molar-refractivity contribution in [2.24, 2.45) is 14.1 Å². The molecule has 1 N–H and O–H groups in total. The summed E-state index contributed by atoms with van der Waals surface area (Å²) >= 11 is 0. The minimum atomic E-state index is -0.583. The lowest BCUT2D eigenvalue weighted by Gasteiger charge is -2.09. The van der Waals surface area contributed by atoms with Gasteiger partial charge in [0.25, 0.3) is 0 Å². The van der Waals surface area contributed by atoms with Gasteiger partial charge in [-0.25, -0.2) is 0 Å². The van der Waals surface area contributed by atoms with E-state index in [1.165, 1.54) is 0 Å². The fraction of sp³-hybridized carbons (Fsp3) is 0.545. The predicted molar refractivity (Wildman–Crippen MR) is 62.3 cm³/mol. The molecule has 0 aliphatic heterocycles. The maximum Gasteiger partial charge on any atom is 0.0882 e. The molecule has 1 unspecified atom stereocenters. The van der Waals surface area contributed by atoms with Crippen LogP contribution in [0.4, 0.5) is 0 Å². The second-order valence-electron chi connectivity index (χ2n) is 4.31. The molecule has 17 heavy (non-hydrogen) atoms. The van der Waals surface area contributed by atoms with Crippen LogP contribution in [0.15, 0.2) is 6.20 Å². The van der Waals surface area contributed by atoms with E-state index in [2.05, 4.69) is 15.4 Å². The number of aliphatic hydroxyl groups is 1. The highest BCUT2D eigenvalue weighted by Crippen LogP contribution is 2.23. The number of hydrogen-bond donors (Lipinski definition) is 1. The van der Waals surface area contributed by atoms with Crippen LogP contribution in [0.3, 0.4) is 0 Å². The topological polar surface area (TPSA) is 68.8 Å². The molecule has 1 atom stereocenters. The van der Waals surface area contributed by atoms with E-state index >= 15 is 0 Å². The van der Waals surface area contributed by atoms with Crippen molar-refractivity contribution in [2.75, 3.05) is 0 Å². The van der Waals surface area contributed by atoms with Crippen LogP contribution in [0.25, 0.3) is 0 Å². The Morgan fingerprint density at radius 1 is 1.35 bits per heavy atom. The Bertz CT molecular complexity index is 528. The van der Waals surface area contributed by atoms with Gasteiger partial charge < -0.3 is 5.11 Å². The van der Waals surface area contributed by atoms with E-state index in [0.717, 1.165) is 22.6 Å². The number of rotatable bonds is 3. The van der Waals surface area contributed by atoms with E-state index in [1.807, 2.05) is 34.1 Å². The van der Waals surface area contributed by atoms with Gasteiger partial charge in [0.2, 0.25) is 0 Å². The highest BCUT2D eigenvalue weighted by molar-refractivity contribution is 5.27. The Morgan fingerprint density at radius 2 is 2.06 bits per heavy atom. The summed E-state index contributed by atoms with van der Waals surface area (Å²) in [6.07, 6.45) is 1.69. The van der Waals surface area contributed by atoms with Gasteiger partial charge >= 0.3 is 0 Å². The Labute approximate surface area is 99.9 Å². The molecule has 0 aromatic carbocycles. The van der Waals surface area contributed by atoms with Crippen molar-refractivity contribution < 1.29 is 5.11 Å². The third-order valence-electron chi connectivity index (χ3n) is 2.95. The SMILES string of the molecule is Cc1nn(C)c(C)c1C(O)Cc1cn(C)nn1. The van der Waals surface area contributed by atoms with E-state index in [9.17, 15) is 5.11 Å². The summed E-state index contributed by atoms with van der Waals surface area (Å²) in [7, 11) is 3.68. The average Bonchev–Trinajstić information content (AvgIpc) is 2.73. The van der Waals surface area contributed by atoms with Crippen LogP contribution in [0, 0.1) is 13.8 Å². The number of aryl methyl sites for hydroxylation is 3. The van der Waals surface area contributed by atoms with Crippen molar-refractivity contribution in [3.8, 4) is 0 Å². The molecule has 0 spiro atoms. The summed E-state index contributed by atoms with van der Waals surface area (Å²) in [6, 6.07) is 0. The Kier molecular flexibility index (Phi) is 2.97. The van der Waals surface area contributed by atoms with E-state index in [0.29, 0.717) is 6.42 Å². The summed E-state index contributed by atoms with van der Waals surface area (Å²) in [4.78, 5) is 0. The lowest BCUT2D eigenvalue weighted by atomic mass is 10.0. The summed E-state index contributed by atoms with van der Waals surface area (Å²) in [5.41, 5.74) is 3.51. The zero-order valence-corrected chi connectivity index (χ0v) is 10.5. The molecule has 2 heterocycles. The van der Waals surface area contributed by atoms with Crippen molar-refractivity contribution in [2.45, 2.75) is 26.4 Å². The first-order valence-electron chi connectivity index (χ1n) is 5.52. The highest BCUT2D eigenvalue weighted by Gasteiger charge is 2.19. The molecule has 2 rings (SSSR count). The third-order valence-corrected chi connectivity index (χ3v) is 2.95. The molecule has 0 saturated heterocycles. The third kappa shape index (κ3) is 2.21. The zero-order chi connectivity index (χ0) is 12.6. The van der Waals surface area contributed by atoms with Crippen LogP contribution in [0.5, 0.6) is 0 Å². The van der Waals surface area contributed by atoms with E-state index < -0.39 is 6.10 Å². The van der Waals surface area contributed by atoms with Crippen LogP contribution in [-0.2, 0) is 20.5 Å². The molecule has 2 aromatic heterocycles. The number of aromatic nitrogens is 5. The molecule has 0 aliphatic rings. The summed E-state index contributed by atoms with van der Waals surface area (Å²) < 4.78 is 3.41. The number of aliphatic hydroxyl groups excluding tert-OH is 1. The van der Waals surface area contributed by atoms with Gasteiger partial charge in [-0.05, 0) is 13.8 Å². The maximum absolute atomic E-state index is 10.2. The molecule has 6 heteroatoms. The molecule has 0 aliphatic carbocycles. The molecule has 0 radical (unpaired) electrons. The van der Waals surface area contributed by atoms with Crippen molar-refractivity contribution in [3.63, 3.8) is 0 Å². The van der Waals surface area contributed by atoms with Crippen LogP contribution < -0.4 is 0 Å². The molecular formula is C11H17N5O. The first-order chi connectivity index (χ1) is 7.99. The highest BCUT2D eigenvalue weighted by atomic mass is 16.3. The molecule has 0 saturated carbocycles. The molecule has 0 fully saturated rings. The largest absolute Gasteiger partial charge is 0.388 e. The fourth-order valence-corrected chi connectivity index (χ4v) is 2.06. The van der Waals surface area contributed by atoms with Crippen molar-refractivity contribution in [1.82, 2.24) is 24.8 Å². The minimum Gasteiger partial charge on any atom is -0.388 e. The van der Waals surface area contributed by atoms with Crippen LogP contribution in [-0.4, -0.2) is 29.9 Å². The van der Waals surface area contributed by atoms with Gasteiger partial charge in [0.15, 0.2) is 0 Å². The lowest BCUT2D eigenvalue weighted by molar-refractivity contribution is 0.175. The maximum atomic E-state index is 10.2. The average molecular weight is 235 g/mol. The second-order valence-corrected chi connectivity index (χ2v) is 4.31. The first-order valence-corrected chi connectivity index (χ1v) is 5.52. The van der Waals surface area contributed by atoms with E-state index in [4.69, 9.17) is 0 Å². The molecule has 0 bridgehead atoms. The summed E-state index contributed by atoms with van der Waals surface area (Å²) in [5.74, 6) is 0. The van der Waals surface area contributed by atoms with Gasteiger partial charge in [-0.3, -0.25) is 9.36 Å². The van der Waals surface area contributed by atoms with Crippen molar-refractivity contribution in [1.29, 1.82) is 0 Å².